The van der Waals surface area contributed by atoms with Crippen LogP contribution < -0.4 is 10.1 Å². The van der Waals surface area contributed by atoms with E-state index in [9.17, 15) is 13.9 Å². The van der Waals surface area contributed by atoms with E-state index >= 15 is 0 Å². The molecule has 0 atom stereocenters. The Hall–Kier alpha value is -3.24. The van der Waals surface area contributed by atoms with Crippen molar-refractivity contribution in [3.05, 3.63) is 77.5 Å². The molecule has 2 aromatic heterocycles. The van der Waals surface area contributed by atoms with Gasteiger partial charge in [-0.15, -0.1) is 22.4 Å². The molecular weight excluding hydrogens is 470 g/mol. The van der Waals surface area contributed by atoms with Crippen LogP contribution in [-0.4, -0.2) is 37.8 Å². The molecule has 1 amide bonds. The highest BCUT2D eigenvalue weighted by Gasteiger charge is 2.23. The summed E-state index contributed by atoms with van der Waals surface area (Å²) in [6.07, 6.45) is 5.63. The highest BCUT2D eigenvalue weighted by atomic mass is 32.3. The van der Waals surface area contributed by atoms with E-state index in [0.29, 0.717) is 22.0 Å². The van der Waals surface area contributed by atoms with Crippen LogP contribution in [0.4, 0.5) is 5.69 Å². The fourth-order valence-electron chi connectivity index (χ4n) is 3.96. The smallest absolute Gasteiger partial charge is 0.230 e. The van der Waals surface area contributed by atoms with E-state index in [4.69, 9.17) is 9.72 Å². The van der Waals surface area contributed by atoms with E-state index in [0.717, 1.165) is 27.4 Å². The van der Waals surface area contributed by atoms with Gasteiger partial charge in [0.05, 0.1) is 29.8 Å². The standard InChI is InChI=1S/C25H23N3O4S2/c1-32-19-9-11-28-21(25(27-23(28)14-19)17-4-7-20(33-2)8-5-17)15-24(29)26-18-6-3-16-10-12-34(30,31)22(16)13-18/h3-14,30-31H,15H2,1-2H3,(H,26,29). The Bertz CT molecular complexity index is 1430. The average molecular weight is 494 g/mol. The summed E-state index contributed by atoms with van der Waals surface area (Å²) in [7, 11) is -1.35. The normalized spacial score (nSPS) is 14.7. The maximum absolute atomic E-state index is 13.1. The molecule has 0 unspecified atom stereocenters. The van der Waals surface area contributed by atoms with Gasteiger partial charge in [-0.25, -0.2) is 4.98 Å². The van der Waals surface area contributed by atoms with E-state index in [-0.39, 0.29) is 12.3 Å². The van der Waals surface area contributed by atoms with Crippen LogP contribution in [0.15, 0.2) is 76.0 Å². The van der Waals surface area contributed by atoms with Gasteiger partial charge in [-0.1, -0.05) is 18.2 Å². The van der Waals surface area contributed by atoms with Gasteiger partial charge in [0.2, 0.25) is 5.91 Å². The third-order valence-corrected chi connectivity index (χ3v) is 7.94. The van der Waals surface area contributed by atoms with Gasteiger partial charge >= 0.3 is 0 Å². The van der Waals surface area contributed by atoms with Gasteiger partial charge in [-0.2, -0.15) is 0 Å². The first-order valence-corrected chi connectivity index (χ1v) is 13.3. The lowest BCUT2D eigenvalue weighted by Gasteiger charge is -2.25. The topological polar surface area (TPSA) is 96.1 Å². The average Bonchev–Trinajstić information content (AvgIpc) is 3.35. The maximum Gasteiger partial charge on any atom is 0.230 e. The molecule has 7 nitrogen and oxygen atoms in total. The number of nitrogens with zero attached hydrogens (tertiary/aromatic N) is 2. The number of hydrogen-bond donors (Lipinski definition) is 3. The van der Waals surface area contributed by atoms with Crippen molar-refractivity contribution < 1.29 is 18.6 Å². The van der Waals surface area contributed by atoms with Crippen molar-refractivity contribution >= 4 is 45.7 Å². The number of benzene rings is 2. The van der Waals surface area contributed by atoms with Crippen LogP contribution in [0.5, 0.6) is 5.75 Å². The summed E-state index contributed by atoms with van der Waals surface area (Å²) < 4.78 is 27.6. The van der Waals surface area contributed by atoms with E-state index in [1.165, 1.54) is 5.41 Å². The zero-order valence-electron chi connectivity index (χ0n) is 18.6. The number of anilines is 1. The molecule has 0 fully saturated rings. The summed E-state index contributed by atoms with van der Waals surface area (Å²) in [4.78, 5) is 19.4. The molecule has 3 N–H and O–H groups in total. The van der Waals surface area contributed by atoms with Crippen LogP contribution >= 0.6 is 22.4 Å². The molecule has 0 saturated carbocycles. The van der Waals surface area contributed by atoms with Crippen LogP contribution in [0.25, 0.3) is 23.0 Å². The number of pyridine rings is 1. The minimum Gasteiger partial charge on any atom is -0.497 e. The number of hydrogen-bond acceptors (Lipinski definition) is 6. The summed E-state index contributed by atoms with van der Waals surface area (Å²) in [5, 5.41) is 4.28. The number of carbonyl (C=O) groups excluding carboxylic acids is 1. The fourth-order valence-corrected chi connectivity index (χ4v) is 5.64. The number of thioether (sulfide) groups is 1. The molecule has 0 saturated heterocycles. The second-order valence-electron chi connectivity index (χ2n) is 7.80. The third-order valence-electron chi connectivity index (χ3n) is 5.68. The Kier molecular flexibility index (Phi) is 5.86. The molecule has 0 aliphatic carbocycles. The molecule has 1 aliphatic rings. The molecule has 5 rings (SSSR count). The van der Waals surface area contributed by atoms with Gasteiger partial charge in [0.15, 0.2) is 0 Å². The Morgan fingerprint density at radius 3 is 2.68 bits per heavy atom. The van der Waals surface area contributed by atoms with Gasteiger partial charge in [0.1, 0.15) is 11.4 Å². The van der Waals surface area contributed by atoms with Crippen molar-refractivity contribution in [2.75, 3.05) is 18.7 Å². The predicted molar refractivity (Wildman–Crippen MR) is 138 cm³/mol. The van der Waals surface area contributed by atoms with E-state index < -0.39 is 10.6 Å². The molecule has 34 heavy (non-hydrogen) atoms. The summed E-state index contributed by atoms with van der Waals surface area (Å²) in [6, 6.07) is 16.9. The second-order valence-corrected chi connectivity index (χ2v) is 10.6. The van der Waals surface area contributed by atoms with Crippen molar-refractivity contribution in [3.63, 3.8) is 0 Å². The summed E-state index contributed by atoms with van der Waals surface area (Å²) in [5.74, 6) is 0.450. The monoisotopic (exact) mass is 493 g/mol. The lowest BCUT2D eigenvalue weighted by atomic mass is 10.1. The molecular formula is C25H23N3O4S2. The van der Waals surface area contributed by atoms with Crippen LogP contribution in [-0.2, 0) is 11.2 Å². The van der Waals surface area contributed by atoms with Gasteiger partial charge in [-0.3, -0.25) is 13.9 Å². The zero-order valence-corrected chi connectivity index (χ0v) is 20.2. The number of rotatable bonds is 6. The Morgan fingerprint density at radius 1 is 1.15 bits per heavy atom. The molecule has 1 aliphatic heterocycles. The van der Waals surface area contributed by atoms with Gasteiger partial charge < -0.3 is 14.5 Å². The lowest BCUT2D eigenvalue weighted by Crippen LogP contribution is -2.16. The highest BCUT2D eigenvalue weighted by molar-refractivity contribution is 8.27. The first-order valence-electron chi connectivity index (χ1n) is 10.5. The molecule has 0 radical (unpaired) electrons. The van der Waals surface area contributed by atoms with E-state index in [2.05, 4.69) is 5.32 Å². The van der Waals surface area contributed by atoms with E-state index in [1.54, 1.807) is 43.1 Å². The molecule has 174 valence electrons. The minimum absolute atomic E-state index is 0.0820. The predicted octanol–water partition coefficient (Wildman–Crippen LogP) is 6.01. The van der Waals surface area contributed by atoms with Crippen molar-refractivity contribution in [1.29, 1.82) is 0 Å². The summed E-state index contributed by atoms with van der Waals surface area (Å²) in [6.45, 7) is 0. The van der Waals surface area contributed by atoms with Crippen molar-refractivity contribution in [2.45, 2.75) is 16.2 Å². The first-order chi connectivity index (χ1) is 16.4. The fraction of sp³-hybridized carbons (Fsp3) is 0.120. The van der Waals surface area contributed by atoms with Gasteiger partial charge in [0, 0.05) is 33.8 Å². The molecule has 0 spiro atoms. The summed E-state index contributed by atoms with van der Waals surface area (Å²) >= 11 is 1.66. The number of nitrogens with one attached hydrogen (secondary N) is 1. The van der Waals surface area contributed by atoms with E-state index in [1.807, 2.05) is 53.3 Å². The van der Waals surface area contributed by atoms with Crippen LogP contribution in [0.2, 0.25) is 0 Å². The van der Waals surface area contributed by atoms with Gasteiger partial charge in [-0.05, 0) is 48.2 Å². The number of carbonyl (C=O) groups is 1. The Balaban J connectivity index is 1.48. The van der Waals surface area contributed by atoms with Crippen LogP contribution in [0.1, 0.15) is 11.3 Å². The minimum atomic E-state index is -2.96. The number of amides is 1. The van der Waals surface area contributed by atoms with Gasteiger partial charge in [0.25, 0.3) is 0 Å². The molecule has 4 aromatic rings. The Labute approximate surface area is 202 Å². The lowest BCUT2D eigenvalue weighted by molar-refractivity contribution is -0.115. The maximum atomic E-state index is 13.1. The van der Waals surface area contributed by atoms with Crippen molar-refractivity contribution in [2.24, 2.45) is 0 Å². The SMILES string of the molecule is COc1ccn2c(CC(=O)Nc3ccc4c(c3)S(O)(O)C=C4)c(-c3ccc(SC)cc3)nc2c1. The number of ether oxygens (including phenoxy) is 1. The third kappa shape index (κ3) is 4.19. The number of aromatic nitrogens is 2. The summed E-state index contributed by atoms with van der Waals surface area (Å²) in [5.41, 5.74) is 4.32. The second kappa shape index (κ2) is 8.84. The number of fused-ring (bicyclic) bond motifs is 2. The molecule has 2 aromatic carbocycles. The zero-order chi connectivity index (χ0) is 23.9. The molecule has 9 heteroatoms. The van der Waals surface area contributed by atoms with Crippen LogP contribution in [0, 0.1) is 0 Å². The molecule has 0 bridgehead atoms. The quantitative estimate of drug-likeness (QED) is 0.285. The van der Waals surface area contributed by atoms with Crippen molar-refractivity contribution in [1.82, 2.24) is 9.38 Å². The highest BCUT2D eigenvalue weighted by Crippen LogP contribution is 2.56. The van der Waals surface area contributed by atoms with Crippen molar-refractivity contribution in [3.8, 4) is 17.0 Å². The van der Waals surface area contributed by atoms with Crippen LogP contribution in [0.3, 0.4) is 0 Å². The number of methoxy groups -OCH3 is 1. The number of imidazole rings is 1. The Morgan fingerprint density at radius 2 is 1.94 bits per heavy atom. The first kappa shape index (κ1) is 22.5. The largest absolute Gasteiger partial charge is 0.497 e. The molecule has 3 heterocycles.